The monoisotopic (exact) mass is 509 g/mol. The third-order valence-corrected chi connectivity index (χ3v) is 7.14. The van der Waals surface area contributed by atoms with Gasteiger partial charge in [0.05, 0.1) is 11.2 Å². The van der Waals surface area contributed by atoms with Crippen molar-refractivity contribution < 1.29 is 28.4 Å². The third kappa shape index (κ3) is 7.84. The average molecular weight is 509 g/mol. The lowest BCUT2D eigenvalue weighted by atomic mass is 9.77. The molecule has 3 N–H and O–H groups in total. The van der Waals surface area contributed by atoms with E-state index < -0.39 is 34.0 Å². The van der Waals surface area contributed by atoms with Gasteiger partial charge in [0.2, 0.25) is 11.8 Å². The van der Waals surface area contributed by atoms with Crippen LogP contribution < -0.4 is 16.0 Å². The summed E-state index contributed by atoms with van der Waals surface area (Å²) in [5, 5.41) is 8.96. The first-order valence-corrected chi connectivity index (χ1v) is 13.1. The molecule has 0 bridgehead atoms. The van der Waals surface area contributed by atoms with Crippen LogP contribution in [0.3, 0.4) is 0 Å². The number of alkyl carbamates (subject to hydrolysis) is 1. The molecule has 1 unspecified atom stereocenters. The molecule has 0 aromatic carbocycles. The lowest BCUT2D eigenvalue weighted by Gasteiger charge is -2.37. The molecular weight excluding hydrogens is 461 g/mol. The summed E-state index contributed by atoms with van der Waals surface area (Å²) in [5.74, 6) is -0.710. The average Bonchev–Trinajstić information content (AvgIpc) is 3.04. The van der Waals surface area contributed by atoms with Crippen molar-refractivity contribution in [3.05, 3.63) is 0 Å². The summed E-state index contributed by atoms with van der Waals surface area (Å²) in [6.07, 6.45) is 2.37. The van der Waals surface area contributed by atoms with Crippen LogP contribution in [0.5, 0.6) is 0 Å². The van der Waals surface area contributed by atoms with Crippen molar-refractivity contribution in [2.45, 2.75) is 142 Å². The highest BCUT2D eigenvalue weighted by Gasteiger charge is 2.55. The standard InChI is InChI=1S/C26H48BN3O6/c1-17(31)29-26(20(32)30-22(2,3)4)16-19(28-21(33)34-23(5,6)7)15-18(26)13-12-14-27-35-24(8,9)25(10,11)36-27/h18-19H,12-16H2,1-11H3,(H,28,33)(H,29,31)(H,30,32)/t18-,19?,26-/m0/s1. The number of amides is 3. The summed E-state index contributed by atoms with van der Waals surface area (Å²) in [7, 11) is -0.328. The van der Waals surface area contributed by atoms with Gasteiger partial charge in [-0.25, -0.2) is 4.79 Å². The summed E-state index contributed by atoms with van der Waals surface area (Å²) < 4.78 is 17.7. The highest BCUT2D eigenvalue weighted by Crippen LogP contribution is 2.42. The summed E-state index contributed by atoms with van der Waals surface area (Å²) in [6, 6.07) is -0.320. The van der Waals surface area contributed by atoms with Crippen LogP contribution in [0.2, 0.25) is 6.32 Å². The fraction of sp³-hybridized carbons (Fsp3) is 0.885. The van der Waals surface area contributed by atoms with Gasteiger partial charge in [-0.2, -0.15) is 0 Å². The van der Waals surface area contributed by atoms with Gasteiger partial charge in [0.25, 0.3) is 0 Å². The Morgan fingerprint density at radius 2 is 1.56 bits per heavy atom. The Kier molecular flexibility index (Phi) is 8.89. The minimum atomic E-state index is -1.14. The van der Waals surface area contributed by atoms with E-state index >= 15 is 0 Å². The smallest absolute Gasteiger partial charge is 0.444 e. The Labute approximate surface area is 217 Å². The van der Waals surface area contributed by atoms with Crippen molar-refractivity contribution in [1.82, 2.24) is 16.0 Å². The molecule has 1 heterocycles. The van der Waals surface area contributed by atoms with Crippen LogP contribution in [0.25, 0.3) is 0 Å². The number of ether oxygens (including phenoxy) is 1. The second-order valence-corrected chi connectivity index (χ2v) is 13.5. The molecule has 3 amide bonds. The molecule has 2 aliphatic rings. The molecule has 0 aromatic rings. The van der Waals surface area contributed by atoms with Gasteiger partial charge >= 0.3 is 13.2 Å². The van der Waals surface area contributed by atoms with Gasteiger partial charge in [-0.3, -0.25) is 9.59 Å². The minimum Gasteiger partial charge on any atom is -0.444 e. The van der Waals surface area contributed by atoms with Crippen LogP contribution in [-0.2, 0) is 23.6 Å². The number of carbonyl (C=O) groups excluding carboxylic acids is 3. The molecule has 0 radical (unpaired) electrons. The lowest BCUT2D eigenvalue weighted by molar-refractivity contribution is -0.135. The van der Waals surface area contributed by atoms with E-state index in [0.717, 1.165) is 6.42 Å². The molecular formula is C26H48BN3O6. The Bertz CT molecular complexity index is 817. The number of rotatable bonds is 7. The Morgan fingerprint density at radius 3 is 2.03 bits per heavy atom. The fourth-order valence-electron chi connectivity index (χ4n) is 5.00. The topological polar surface area (TPSA) is 115 Å². The van der Waals surface area contributed by atoms with Crippen molar-refractivity contribution >= 4 is 25.0 Å². The maximum Gasteiger partial charge on any atom is 0.457 e. The van der Waals surface area contributed by atoms with Crippen LogP contribution in [0.15, 0.2) is 0 Å². The Balaban J connectivity index is 2.22. The van der Waals surface area contributed by atoms with Gasteiger partial charge in [-0.05, 0) is 94.3 Å². The molecule has 1 saturated carbocycles. The normalized spacial score (nSPS) is 27.5. The van der Waals surface area contributed by atoms with Gasteiger partial charge < -0.3 is 30.0 Å². The van der Waals surface area contributed by atoms with Gasteiger partial charge in [-0.15, -0.1) is 0 Å². The van der Waals surface area contributed by atoms with E-state index in [4.69, 9.17) is 14.0 Å². The van der Waals surface area contributed by atoms with Crippen LogP contribution in [0.1, 0.15) is 102 Å². The Hall–Kier alpha value is -1.81. The van der Waals surface area contributed by atoms with Crippen molar-refractivity contribution in [2.75, 3.05) is 0 Å². The first-order valence-electron chi connectivity index (χ1n) is 13.1. The minimum absolute atomic E-state index is 0.189. The highest BCUT2D eigenvalue weighted by molar-refractivity contribution is 6.45. The number of nitrogens with one attached hydrogen (secondary N) is 3. The third-order valence-electron chi connectivity index (χ3n) is 7.14. The van der Waals surface area contributed by atoms with Crippen molar-refractivity contribution in [1.29, 1.82) is 0 Å². The lowest BCUT2D eigenvalue weighted by Crippen LogP contribution is -2.63. The van der Waals surface area contributed by atoms with Gasteiger partial charge in [0, 0.05) is 24.9 Å². The van der Waals surface area contributed by atoms with Gasteiger partial charge in [-0.1, -0.05) is 6.42 Å². The molecule has 1 aliphatic heterocycles. The second-order valence-electron chi connectivity index (χ2n) is 13.5. The van der Waals surface area contributed by atoms with Crippen LogP contribution in [-0.4, -0.2) is 58.9 Å². The predicted molar refractivity (Wildman–Crippen MR) is 140 cm³/mol. The quantitative estimate of drug-likeness (QED) is 0.448. The molecule has 10 heteroatoms. The maximum atomic E-state index is 13.7. The van der Waals surface area contributed by atoms with Gasteiger partial charge in [0.15, 0.2) is 0 Å². The molecule has 2 rings (SSSR count). The molecule has 206 valence electrons. The fourth-order valence-corrected chi connectivity index (χ4v) is 5.00. The predicted octanol–water partition coefficient (Wildman–Crippen LogP) is 3.95. The molecule has 9 nitrogen and oxygen atoms in total. The van der Waals surface area contributed by atoms with E-state index in [2.05, 4.69) is 16.0 Å². The zero-order valence-corrected chi connectivity index (χ0v) is 24.2. The molecule has 0 spiro atoms. The van der Waals surface area contributed by atoms with E-state index in [1.54, 1.807) is 20.8 Å². The van der Waals surface area contributed by atoms with Crippen molar-refractivity contribution in [3.63, 3.8) is 0 Å². The van der Waals surface area contributed by atoms with E-state index in [1.165, 1.54) is 6.92 Å². The second kappa shape index (κ2) is 10.5. The Morgan fingerprint density at radius 1 is 1.00 bits per heavy atom. The van der Waals surface area contributed by atoms with Crippen LogP contribution in [0.4, 0.5) is 4.79 Å². The summed E-state index contributed by atoms with van der Waals surface area (Å²) in [5.41, 5.74) is -3.07. The van der Waals surface area contributed by atoms with E-state index in [1.807, 2.05) is 48.5 Å². The molecule has 2 fully saturated rings. The summed E-state index contributed by atoms with van der Waals surface area (Å²) in [4.78, 5) is 38.5. The van der Waals surface area contributed by atoms with Crippen molar-refractivity contribution in [3.8, 4) is 0 Å². The molecule has 36 heavy (non-hydrogen) atoms. The molecule has 1 aliphatic carbocycles. The van der Waals surface area contributed by atoms with E-state index in [9.17, 15) is 14.4 Å². The first-order chi connectivity index (χ1) is 16.2. The van der Waals surface area contributed by atoms with E-state index in [-0.39, 0.29) is 37.3 Å². The number of carbonyl (C=O) groups is 3. The molecule has 0 aromatic heterocycles. The summed E-state index contributed by atoms with van der Waals surface area (Å²) >= 11 is 0. The molecule has 1 saturated heterocycles. The largest absolute Gasteiger partial charge is 0.457 e. The zero-order valence-electron chi connectivity index (χ0n) is 24.2. The maximum absolute atomic E-state index is 13.7. The number of hydrogen-bond acceptors (Lipinski definition) is 6. The SMILES string of the molecule is CC(=O)N[C@@]1(C(=O)NC(C)(C)C)CC(NC(=O)OC(C)(C)C)C[C@@H]1CCCB1OC(C)(C)C(C)(C)O1. The van der Waals surface area contributed by atoms with Crippen LogP contribution >= 0.6 is 0 Å². The first kappa shape index (κ1) is 30.4. The van der Waals surface area contributed by atoms with Gasteiger partial charge in [0.1, 0.15) is 11.1 Å². The summed E-state index contributed by atoms with van der Waals surface area (Å²) in [6.45, 7) is 20.6. The molecule has 3 atom stereocenters. The zero-order chi connectivity index (χ0) is 27.7. The highest BCUT2D eigenvalue weighted by atomic mass is 16.7. The van der Waals surface area contributed by atoms with E-state index in [0.29, 0.717) is 19.2 Å². The number of hydrogen-bond donors (Lipinski definition) is 3. The van der Waals surface area contributed by atoms with Crippen molar-refractivity contribution in [2.24, 2.45) is 5.92 Å². The van der Waals surface area contributed by atoms with Crippen LogP contribution in [0, 0.1) is 5.92 Å².